The smallest absolute Gasteiger partial charge is 0.137 e. The molecule has 1 unspecified atom stereocenters. The number of rotatable bonds is 3. The highest BCUT2D eigenvalue weighted by Crippen LogP contribution is 2.48. The van der Waals surface area contributed by atoms with Crippen molar-refractivity contribution in [1.29, 1.82) is 0 Å². The summed E-state index contributed by atoms with van der Waals surface area (Å²) in [6.45, 7) is 4.47. The van der Waals surface area contributed by atoms with Gasteiger partial charge in [0.15, 0.2) is 0 Å². The van der Waals surface area contributed by atoms with Crippen molar-refractivity contribution >= 4 is 21.6 Å². The molecule has 0 saturated heterocycles. The average Bonchev–Trinajstić information content (AvgIpc) is 2.92. The van der Waals surface area contributed by atoms with E-state index in [1.54, 1.807) is 12.1 Å². The van der Waals surface area contributed by atoms with Gasteiger partial charge in [-0.3, -0.25) is 0 Å². The van der Waals surface area contributed by atoms with Crippen molar-refractivity contribution < 1.29 is 4.39 Å². The molecule has 0 amide bonds. The fraction of sp³-hybridized carbons (Fsp3) is 0.500. The van der Waals surface area contributed by atoms with Crippen LogP contribution in [0.15, 0.2) is 22.7 Å². The fourth-order valence-corrected chi connectivity index (χ4v) is 2.02. The lowest BCUT2D eigenvalue weighted by Crippen LogP contribution is -2.24. The van der Waals surface area contributed by atoms with E-state index in [1.165, 1.54) is 18.9 Å². The van der Waals surface area contributed by atoms with Crippen molar-refractivity contribution in [3.63, 3.8) is 0 Å². The van der Waals surface area contributed by atoms with Crippen LogP contribution in [-0.4, -0.2) is 6.04 Å². The van der Waals surface area contributed by atoms with E-state index in [0.717, 1.165) is 5.69 Å². The first kappa shape index (κ1) is 10.9. The molecule has 0 bridgehead atoms. The molecular weight excluding hydrogens is 257 g/mol. The Labute approximate surface area is 98.2 Å². The maximum atomic E-state index is 13.0. The molecule has 3 heteroatoms. The molecule has 82 valence electrons. The van der Waals surface area contributed by atoms with Gasteiger partial charge in [-0.25, -0.2) is 4.39 Å². The summed E-state index contributed by atoms with van der Waals surface area (Å²) >= 11 is 3.19. The number of nitrogens with one attached hydrogen (secondary N) is 1. The summed E-state index contributed by atoms with van der Waals surface area (Å²) in [4.78, 5) is 0. The largest absolute Gasteiger partial charge is 0.382 e. The topological polar surface area (TPSA) is 12.0 Å². The van der Waals surface area contributed by atoms with Gasteiger partial charge in [0.1, 0.15) is 5.82 Å². The molecule has 0 aromatic heterocycles. The molecule has 0 spiro atoms. The summed E-state index contributed by atoms with van der Waals surface area (Å²) < 4.78 is 13.5. The number of hydrogen-bond acceptors (Lipinski definition) is 1. The highest BCUT2D eigenvalue weighted by Gasteiger charge is 2.42. The zero-order chi connectivity index (χ0) is 11.1. The van der Waals surface area contributed by atoms with Gasteiger partial charge < -0.3 is 5.32 Å². The third kappa shape index (κ3) is 2.33. The summed E-state index contributed by atoms with van der Waals surface area (Å²) in [5, 5.41) is 3.42. The third-order valence-corrected chi connectivity index (χ3v) is 3.99. The Kier molecular flexibility index (Phi) is 2.75. The summed E-state index contributed by atoms with van der Waals surface area (Å²) in [7, 11) is 0. The molecule has 1 atom stereocenters. The maximum Gasteiger partial charge on any atom is 0.137 e. The first-order valence-electron chi connectivity index (χ1n) is 5.23. The average molecular weight is 272 g/mol. The zero-order valence-electron chi connectivity index (χ0n) is 8.98. The molecule has 0 heterocycles. The Bertz CT molecular complexity index is 374. The van der Waals surface area contributed by atoms with Gasteiger partial charge in [-0.1, -0.05) is 6.92 Å². The summed E-state index contributed by atoms with van der Waals surface area (Å²) in [6, 6.07) is 5.49. The van der Waals surface area contributed by atoms with Crippen LogP contribution in [0.25, 0.3) is 0 Å². The predicted molar refractivity (Wildman–Crippen MR) is 64.5 cm³/mol. The Balaban J connectivity index is 2.07. The lowest BCUT2D eigenvalue weighted by Gasteiger charge is -2.21. The van der Waals surface area contributed by atoms with Crippen LogP contribution in [0.5, 0.6) is 0 Å². The molecular formula is C12H15BrFN. The molecule has 1 aliphatic carbocycles. The van der Waals surface area contributed by atoms with E-state index in [-0.39, 0.29) is 5.82 Å². The van der Waals surface area contributed by atoms with Gasteiger partial charge >= 0.3 is 0 Å². The van der Waals surface area contributed by atoms with Crippen molar-refractivity contribution in [1.82, 2.24) is 0 Å². The molecule has 0 radical (unpaired) electrons. The van der Waals surface area contributed by atoms with Crippen LogP contribution in [-0.2, 0) is 0 Å². The Morgan fingerprint density at radius 1 is 1.47 bits per heavy atom. The molecule has 1 N–H and O–H groups in total. The molecule has 15 heavy (non-hydrogen) atoms. The van der Waals surface area contributed by atoms with Crippen molar-refractivity contribution in [2.45, 2.75) is 32.7 Å². The minimum absolute atomic E-state index is 0.217. The van der Waals surface area contributed by atoms with Crippen LogP contribution in [0.2, 0.25) is 0 Å². The van der Waals surface area contributed by atoms with E-state index >= 15 is 0 Å². The second-order valence-corrected chi connectivity index (χ2v) is 5.50. The lowest BCUT2D eigenvalue weighted by molar-refractivity contribution is 0.493. The van der Waals surface area contributed by atoms with Crippen molar-refractivity contribution in [3.8, 4) is 0 Å². The van der Waals surface area contributed by atoms with E-state index in [4.69, 9.17) is 0 Å². The molecule has 1 fully saturated rings. The van der Waals surface area contributed by atoms with Crippen LogP contribution in [0.1, 0.15) is 26.7 Å². The first-order valence-corrected chi connectivity index (χ1v) is 6.02. The summed E-state index contributed by atoms with van der Waals surface area (Å²) in [5.41, 5.74) is 1.41. The molecule has 1 aromatic rings. The highest BCUT2D eigenvalue weighted by atomic mass is 79.9. The van der Waals surface area contributed by atoms with Crippen molar-refractivity contribution in [2.75, 3.05) is 5.32 Å². The minimum atomic E-state index is -0.217. The van der Waals surface area contributed by atoms with E-state index in [1.807, 2.05) is 0 Å². The standard InChI is InChI=1S/C12H15BrFN/c1-8(12(2)5-6-12)15-9-3-4-11(14)10(13)7-9/h3-4,7-8,15H,5-6H2,1-2H3. The number of hydrogen-bond donors (Lipinski definition) is 1. The van der Waals surface area contributed by atoms with Crippen LogP contribution in [0.4, 0.5) is 10.1 Å². The Morgan fingerprint density at radius 3 is 2.67 bits per heavy atom. The minimum Gasteiger partial charge on any atom is -0.382 e. The maximum absolute atomic E-state index is 13.0. The van der Waals surface area contributed by atoms with Gasteiger partial charge in [0.2, 0.25) is 0 Å². The highest BCUT2D eigenvalue weighted by molar-refractivity contribution is 9.10. The number of halogens is 2. The molecule has 1 aliphatic rings. The lowest BCUT2D eigenvalue weighted by atomic mass is 10.0. The van der Waals surface area contributed by atoms with E-state index in [0.29, 0.717) is 15.9 Å². The normalized spacial score (nSPS) is 19.7. The van der Waals surface area contributed by atoms with Gasteiger partial charge in [0.05, 0.1) is 4.47 Å². The first-order chi connectivity index (χ1) is 7.01. The van der Waals surface area contributed by atoms with E-state index in [9.17, 15) is 4.39 Å². The third-order valence-electron chi connectivity index (χ3n) is 3.39. The quantitative estimate of drug-likeness (QED) is 0.870. The van der Waals surface area contributed by atoms with E-state index < -0.39 is 0 Å². The van der Waals surface area contributed by atoms with Gasteiger partial charge in [-0.05, 0) is 59.3 Å². The van der Waals surface area contributed by atoms with Gasteiger partial charge in [-0.2, -0.15) is 0 Å². The molecule has 2 rings (SSSR count). The van der Waals surface area contributed by atoms with Crippen molar-refractivity contribution in [2.24, 2.45) is 5.41 Å². The molecule has 1 nitrogen and oxygen atoms in total. The van der Waals surface area contributed by atoms with Crippen LogP contribution >= 0.6 is 15.9 Å². The molecule has 1 aromatic carbocycles. The second kappa shape index (κ2) is 3.78. The Hall–Kier alpha value is -0.570. The van der Waals surface area contributed by atoms with Crippen LogP contribution in [0.3, 0.4) is 0 Å². The fourth-order valence-electron chi connectivity index (χ4n) is 1.64. The second-order valence-electron chi connectivity index (χ2n) is 4.65. The van der Waals surface area contributed by atoms with Gasteiger partial charge in [-0.15, -0.1) is 0 Å². The van der Waals surface area contributed by atoms with Gasteiger partial charge in [0.25, 0.3) is 0 Å². The SMILES string of the molecule is CC(Nc1ccc(F)c(Br)c1)C1(C)CC1. The zero-order valence-corrected chi connectivity index (χ0v) is 10.6. The predicted octanol–water partition coefficient (Wildman–Crippen LogP) is 4.19. The molecule has 1 saturated carbocycles. The number of anilines is 1. The Morgan fingerprint density at radius 2 is 2.13 bits per heavy atom. The summed E-state index contributed by atoms with van der Waals surface area (Å²) in [6.07, 6.45) is 2.56. The van der Waals surface area contributed by atoms with Crippen LogP contribution in [0, 0.1) is 11.2 Å². The number of benzene rings is 1. The van der Waals surface area contributed by atoms with E-state index in [2.05, 4.69) is 35.1 Å². The monoisotopic (exact) mass is 271 g/mol. The molecule has 0 aliphatic heterocycles. The van der Waals surface area contributed by atoms with Gasteiger partial charge in [0, 0.05) is 11.7 Å². The van der Waals surface area contributed by atoms with Crippen molar-refractivity contribution in [3.05, 3.63) is 28.5 Å². The van der Waals surface area contributed by atoms with Crippen LogP contribution < -0.4 is 5.32 Å². The summed E-state index contributed by atoms with van der Waals surface area (Å²) in [5.74, 6) is -0.217.